The standard InChI is InChI=1S/C16H21FN2O/c1-2-4-14-16(20)19(13-5-3-6-13)15(18-14)11-7-9-12(17)10-8-11/h7-10,13-15,18H,2-6H2,1H3. The molecule has 1 saturated heterocycles. The van der Waals surface area contributed by atoms with Gasteiger partial charge in [0.25, 0.3) is 0 Å². The first-order valence-corrected chi connectivity index (χ1v) is 7.54. The number of benzene rings is 1. The maximum Gasteiger partial charge on any atom is 0.241 e. The molecule has 2 atom stereocenters. The number of carbonyl (C=O) groups excluding carboxylic acids is 1. The lowest BCUT2D eigenvalue weighted by Gasteiger charge is -2.38. The molecule has 2 fully saturated rings. The van der Waals surface area contributed by atoms with Gasteiger partial charge in [0.2, 0.25) is 5.91 Å². The summed E-state index contributed by atoms with van der Waals surface area (Å²) in [5.41, 5.74) is 0.977. The van der Waals surface area contributed by atoms with Crippen molar-refractivity contribution >= 4 is 5.91 Å². The Morgan fingerprint density at radius 2 is 2.00 bits per heavy atom. The molecule has 1 heterocycles. The van der Waals surface area contributed by atoms with Gasteiger partial charge in [-0.15, -0.1) is 0 Å². The van der Waals surface area contributed by atoms with E-state index < -0.39 is 0 Å². The van der Waals surface area contributed by atoms with E-state index in [9.17, 15) is 9.18 Å². The number of carbonyl (C=O) groups is 1. The summed E-state index contributed by atoms with van der Waals surface area (Å²) in [6, 6.07) is 6.75. The summed E-state index contributed by atoms with van der Waals surface area (Å²) in [5, 5.41) is 3.43. The quantitative estimate of drug-likeness (QED) is 0.917. The second-order valence-electron chi connectivity index (χ2n) is 5.79. The van der Waals surface area contributed by atoms with Gasteiger partial charge < -0.3 is 4.90 Å². The van der Waals surface area contributed by atoms with Crippen LogP contribution in [-0.4, -0.2) is 22.9 Å². The molecule has 4 heteroatoms. The van der Waals surface area contributed by atoms with Crippen molar-refractivity contribution < 1.29 is 9.18 Å². The predicted molar refractivity (Wildman–Crippen MR) is 75.5 cm³/mol. The molecule has 3 rings (SSSR count). The molecule has 2 aliphatic rings. The molecule has 2 unspecified atom stereocenters. The summed E-state index contributed by atoms with van der Waals surface area (Å²) < 4.78 is 13.1. The van der Waals surface area contributed by atoms with Crippen LogP contribution in [-0.2, 0) is 4.79 Å². The third kappa shape index (κ3) is 2.33. The topological polar surface area (TPSA) is 32.3 Å². The third-order valence-corrected chi connectivity index (χ3v) is 4.42. The van der Waals surface area contributed by atoms with Crippen LogP contribution < -0.4 is 5.32 Å². The molecule has 108 valence electrons. The monoisotopic (exact) mass is 276 g/mol. The van der Waals surface area contributed by atoms with Crippen molar-refractivity contribution in [2.45, 2.75) is 57.3 Å². The summed E-state index contributed by atoms with van der Waals surface area (Å²) in [6.07, 6.45) is 5.12. The third-order valence-electron chi connectivity index (χ3n) is 4.42. The van der Waals surface area contributed by atoms with Crippen LogP contribution in [0.4, 0.5) is 4.39 Å². The molecule has 1 aromatic carbocycles. The van der Waals surface area contributed by atoms with Gasteiger partial charge in [0, 0.05) is 6.04 Å². The van der Waals surface area contributed by atoms with Gasteiger partial charge in [0.15, 0.2) is 0 Å². The van der Waals surface area contributed by atoms with E-state index in [0.717, 1.165) is 31.2 Å². The fraction of sp³-hybridized carbons (Fsp3) is 0.562. The number of nitrogens with one attached hydrogen (secondary N) is 1. The van der Waals surface area contributed by atoms with E-state index in [0.29, 0.717) is 6.04 Å². The molecule has 0 bridgehead atoms. The Morgan fingerprint density at radius 3 is 2.55 bits per heavy atom. The molecule has 1 saturated carbocycles. The largest absolute Gasteiger partial charge is 0.319 e. The van der Waals surface area contributed by atoms with E-state index in [-0.39, 0.29) is 23.9 Å². The van der Waals surface area contributed by atoms with Crippen molar-refractivity contribution in [3.05, 3.63) is 35.6 Å². The maximum atomic E-state index is 13.1. The van der Waals surface area contributed by atoms with Crippen molar-refractivity contribution in [1.29, 1.82) is 0 Å². The fourth-order valence-corrected chi connectivity index (χ4v) is 3.10. The zero-order valence-electron chi connectivity index (χ0n) is 11.8. The van der Waals surface area contributed by atoms with Gasteiger partial charge in [-0.25, -0.2) is 4.39 Å². The van der Waals surface area contributed by atoms with E-state index in [1.54, 1.807) is 12.1 Å². The predicted octanol–water partition coefficient (Wildman–Crippen LogP) is 2.98. The number of nitrogens with zero attached hydrogens (tertiary/aromatic N) is 1. The van der Waals surface area contributed by atoms with Gasteiger partial charge in [-0.2, -0.15) is 0 Å². The first kappa shape index (κ1) is 13.6. The van der Waals surface area contributed by atoms with Crippen LogP contribution in [0.5, 0.6) is 0 Å². The summed E-state index contributed by atoms with van der Waals surface area (Å²) in [5.74, 6) is -0.0238. The lowest BCUT2D eigenvalue weighted by atomic mass is 9.90. The van der Waals surface area contributed by atoms with Gasteiger partial charge in [0.05, 0.1) is 6.04 Å². The van der Waals surface area contributed by atoms with Gasteiger partial charge in [-0.05, 0) is 43.4 Å². The van der Waals surface area contributed by atoms with Crippen molar-refractivity contribution in [3.63, 3.8) is 0 Å². The Balaban J connectivity index is 1.86. The van der Waals surface area contributed by atoms with Gasteiger partial charge in [0.1, 0.15) is 12.0 Å². The molecule has 1 aliphatic carbocycles. The molecule has 0 aromatic heterocycles. The van der Waals surface area contributed by atoms with Gasteiger partial charge in [-0.1, -0.05) is 25.5 Å². The average molecular weight is 276 g/mol. The lowest BCUT2D eigenvalue weighted by molar-refractivity contribution is -0.134. The normalized spacial score (nSPS) is 26.9. The number of hydrogen-bond donors (Lipinski definition) is 1. The minimum atomic E-state index is -0.238. The highest BCUT2D eigenvalue weighted by Gasteiger charge is 2.44. The van der Waals surface area contributed by atoms with Crippen molar-refractivity contribution in [3.8, 4) is 0 Å². The van der Waals surface area contributed by atoms with Crippen molar-refractivity contribution in [1.82, 2.24) is 10.2 Å². The highest BCUT2D eigenvalue weighted by Crippen LogP contribution is 2.36. The summed E-state index contributed by atoms with van der Waals surface area (Å²) >= 11 is 0. The molecular formula is C16H21FN2O. The Kier molecular flexibility index (Phi) is 3.74. The molecule has 0 radical (unpaired) electrons. The van der Waals surface area contributed by atoms with E-state index in [1.165, 1.54) is 18.6 Å². The van der Waals surface area contributed by atoms with Crippen LogP contribution >= 0.6 is 0 Å². The Bertz CT molecular complexity index is 484. The summed E-state index contributed by atoms with van der Waals surface area (Å²) in [6.45, 7) is 2.09. The molecule has 3 nitrogen and oxygen atoms in total. The Hall–Kier alpha value is -1.42. The van der Waals surface area contributed by atoms with Crippen LogP contribution in [0.15, 0.2) is 24.3 Å². The summed E-state index contributed by atoms with van der Waals surface area (Å²) in [7, 11) is 0. The number of halogens is 1. The molecule has 1 aliphatic heterocycles. The van der Waals surface area contributed by atoms with Crippen LogP contribution in [0, 0.1) is 5.82 Å². The maximum absolute atomic E-state index is 13.1. The molecule has 1 N–H and O–H groups in total. The van der Waals surface area contributed by atoms with Crippen molar-refractivity contribution in [2.24, 2.45) is 0 Å². The zero-order valence-corrected chi connectivity index (χ0v) is 11.8. The SMILES string of the molecule is CCCC1NC(c2ccc(F)cc2)N(C2CCC2)C1=O. The smallest absolute Gasteiger partial charge is 0.241 e. The van der Waals surface area contributed by atoms with E-state index in [4.69, 9.17) is 0 Å². The van der Waals surface area contributed by atoms with Crippen LogP contribution in [0.1, 0.15) is 50.8 Å². The average Bonchev–Trinajstić information content (AvgIpc) is 2.68. The number of hydrogen-bond acceptors (Lipinski definition) is 2. The minimum absolute atomic E-state index is 0.0874. The molecule has 1 amide bonds. The van der Waals surface area contributed by atoms with Gasteiger partial charge in [-0.3, -0.25) is 10.1 Å². The summed E-state index contributed by atoms with van der Waals surface area (Å²) in [4.78, 5) is 14.6. The Labute approximate surface area is 119 Å². The van der Waals surface area contributed by atoms with Gasteiger partial charge >= 0.3 is 0 Å². The first-order valence-electron chi connectivity index (χ1n) is 7.54. The Morgan fingerprint density at radius 1 is 1.30 bits per heavy atom. The fourth-order valence-electron chi connectivity index (χ4n) is 3.10. The first-order chi connectivity index (χ1) is 9.70. The van der Waals surface area contributed by atoms with E-state index in [1.807, 2.05) is 4.90 Å². The highest BCUT2D eigenvalue weighted by atomic mass is 19.1. The number of rotatable bonds is 4. The second-order valence-corrected chi connectivity index (χ2v) is 5.79. The molecular weight excluding hydrogens is 255 g/mol. The van der Waals surface area contributed by atoms with Crippen molar-refractivity contribution in [2.75, 3.05) is 0 Å². The van der Waals surface area contributed by atoms with E-state index >= 15 is 0 Å². The minimum Gasteiger partial charge on any atom is -0.319 e. The molecule has 1 aromatic rings. The van der Waals surface area contributed by atoms with Crippen LogP contribution in [0.2, 0.25) is 0 Å². The lowest BCUT2D eigenvalue weighted by Crippen LogP contribution is -2.44. The molecule has 20 heavy (non-hydrogen) atoms. The highest BCUT2D eigenvalue weighted by molar-refractivity contribution is 5.85. The second kappa shape index (κ2) is 5.52. The van der Waals surface area contributed by atoms with E-state index in [2.05, 4.69) is 12.2 Å². The van der Waals surface area contributed by atoms with Crippen LogP contribution in [0.25, 0.3) is 0 Å². The van der Waals surface area contributed by atoms with Crippen LogP contribution in [0.3, 0.4) is 0 Å². The molecule has 0 spiro atoms. The number of amides is 1. The zero-order chi connectivity index (χ0) is 14.1.